The molecule has 4 aromatic rings. The number of hydrogen-bond donors (Lipinski definition) is 2. The number of fused-ring (bicyclic) bond motifs is 1. The third-order valence-electron chi connectivity index (χ3n) is 4.37. The number of anilines is 2. The number of thioether (sulfide) groups is 1. The number of halogens is 1. The van der Waals surface area contributed by atoms with E-state index in [0.717, 1.165) is 31.0 Å². The fourth-order valence-electron chi connectivity index (χ4n) is 3.02. The quantitative estimate of drug-likeness (QED) is 0.300. The summed E-state index contributed by atoms with van der Waals surface area (Å²) in [6.07, 6.45) is 0.186. The van der Waals surface area contributed by atoms with Crippen molar-refractivity contribution in [3.05, 3.63) is 82.3 Å². The van der Waals surface area contributed by atoms with Crippen molar-refractivity contribution in [2.24, 2.45) is 0 Å². The van der Waals surface area contributed by atoms with E-state index in [0.29, 0.717) is 5.69 Å². The van der Waals surface area contributed by atoms with Gasteiger partial charge < -0.3 is 10.6 Å². The third-order valence-corrected chi connectivity index (χ3v) is 6.93. The van der Waals surface area contributed by atoms with Gasteiger partial charge in [-0.15, -0.1) is 11.3 Å². The Bertz CT molecular complexity index is 1240. The Hall–Kier alpha value is -2.68. The summed E-state index contributed by atoms with van der Waals surface area (Å²) in [4.78, 5) is 29.1. The summed E-state index contributed by atoms with van der Waals surface area (Å²) >= 11 is 6.19. The molecule has 0 aliphatic carbocycles. The molecule has 0 bridgehead atoms. The van der Waals surface area contributed by atoms with Crippen molar-refractivity contribution in [2.45, 2.75) is 10.8 Å². The number of rotatable bonds is 7. The van der Waals surface area contributed by atoms with Gasteiger partial charge in [0.05, 0.1) is 17.9 Å². The van der Waals surface area contributed by atoms with E-state index in [1.807, 2.05) is 72.1 Å². The minimum absolute atomic E-state index is 0.0921. The van der Waals surface area contributed by atoms with E-state index in [1.54, 1.807) is 0 Å². The minimum atomic E-state index is -0.131. The second kappa shape index (κ2) is 10.1. The van der Waals surface area contributed by atoms with Crippen molar-refractivity contribution < 1.29 is 9.59 Å². The van der Waals surface area contributed by atoms with Crippen LogP contribution in [0.1, 0.15) is 5.69 Å². The Morgan fingerprint density at radius 1 is 0.968 bits per heavy atom. The summed E-state index contributed by atoms with van der Waals surface area (Å²) in [7, 11) is 0. The van der Waals surface area contributed by atoms with Gasteiger partial charge in [-0.2, -0.15) is 0 Å². The number of carbonyl (C=O) groups is 2. The Labute approximate surface area is 196 Å². The highest BCUT2D eigenvalue weighted by Crippen LogP contribution is 2.26. The third kappa shape index (κ3) is 5.94. The van der Waals surface area contributed by atoms with Crippen LogP contribution in [0.2, 0.25) is 0 Å². The monoisotopic (exact) mass is 511 g/mol. The Morgan fingerprint density at radius 2 is 1.77 bits per heavy atom. The zero-order chi connectivity index (χ0) is 21.6. The zero-order valence-electron chi connectivity index (χ0n) is 16.3. The number of nitrogens with one attached hydrogen (secondary N) is 2. The largest absolute Gasteiger partial charge is 0.326 e. The highest BCUT2D eigenvalue weighted by atomic mass is 79.9. The molecule has 0 radical (unpaired) electrons. The smallest absolute Gasteiger partial charge is 0.234 e. The number of nitrogens with zero attached hydrogens (tertiary/aromatic N) is 1. The molecule has 4 rings (SSSR count). The molecule has 1 heterocycles. The first-order valence-electron chi connectivity index (χ1n) is 9.47. The van der Waals surface area contributed by atoms with Gasteiger partial charge in [0.1, 0.15) is 0 Å². The maximum absolute atomic E-state index is 12.4. The molecule has 8 heteroatoms. The second-order valence-electron chi connectivity index (χ2n) is 6.70. The van der Waals surface area contributed by atoms with Crippen LogP contribution < -0.4 is 10.6 Å². The van der Waals surface area contributed by atoms with Crippen LogP contribution in [0, 0.1) is 0 Å². The molecule has 0 saturated carbocycles. The minimum Gasteiger partial charge on any atom is -0.326 e. The van der Waals surface area contributed by atoms with Crippen LogP contribution in [-0.4, -0.2) is 22.6 Å². The van der Waals surface area contributed by atoms with Gasteiger partial charge in [0.2, 0.25) is 11.8 Å². The van der Waals surface area contributed by atoms with Gasteiger partial charge in [0, 0.05) is 26.6 Å². The first kappa shape index (κ1) is 21.5. The number of thiazole rings is 1. The highest BCUT2D eigenvalue weighted by molar-refractivity contribution is 9.10. The summed E-state index contributed by atoms with van der Waals surface area (Å²) in [5, 5.41) is 9.78. The highest BCUT2D eigenvalue weighted by Gasteiger charge is 2.11. The lowest BCUT2D eigenvalue weighted by Gasteiger charge is -2.08. The van der Waals surface area contributed by atoms with Gasteiger partial charge in [0.25, 0.3) is 0 Å². The van der Waals surface area contributed by atoms with E-state index in [2.05, 4.69) is 31.5 Å². The zero-order valence-corrected chi connectivity index (χ0v) is 19.5. The van der Waals surface area contributed by atoms with Gasteiger partial charge in [-0.3, -0.25) is 9.59 Å². The average molecular weight is 512 g/mol. The van der Waals surface area contributed by atoms with E-state index < -0.39 is 0 Å². The fourth-order valence-corrected chi connectivity index (χ4v) is 5.06. The molecular formula is C23H18BrN3O2S2. The fraction of sp³-hybridized carbons (Fsp3) is 0.0870. The molecule has 0 aliphatic rings. The van der Waals surface area contributed by atoms with Gasteiger partial charge in [-0.05, 0) is 29.7 Å². The van der Waals surface area contributed by atoms with Crippen molar-refractivity contribution in [1.82, 2.24) is 4.98 Å². The van der Waals surface area contributed by atoms with E-state index in [1.165, 1.54) is 23.1 Å². The van der Waals surface area contributed by atoms with Gasteiger partial charge in [0.15, 0.2) is 4.34 Å². The lowest BCUT2D eigenvalue weighted by Crippen LogP contribution is -2.15. The number of benzene rings is 3. The maximum atomic E-state index is 12.4. The Morgan fingerprint density at radius 3 is 2.65 bits per heavy atom. The van der Waals surface area contributed by atoms with Crippen LogP contribution in [0.4, 0.5) is 11.4 Å². The second-order valence-corrected chi connectivity index (χ2v) is 9.70. The molecule has 0 aliphatic heterocycles. The average Bonchev–Trinajstić information content (AvgIpc) is 3.20. The number of hydrogen-bond acceptors (Lipinski definition) is 5. The Kier molecular flexibility index (Phi) is 7.01. The standard InChI is InChI=1S/C23H18BrN3O2S2/c24-16-7-4-8-17(11-16)25-21(28)12-18-13-30-23(26-18)31-14-22(29)27-20-10-3-6-15-5-1-2-9-19(15)20/h1-11,13H,12,14H2,(H,25,28)(H,27,29). The van der Waals surface area contributed by atoms with Crippen LogP contribution in [-0.2, 0) is 16.0 Å². The molecule has 2 N–H and O–H groups in total. The number of aromatic nitrogens is 1. The van der Waals surface area contributed by atoms with Gasteiger partial charge in [-0.25, -0.2) is 4.98 Å². The normalized spacial score (nSPS) is 10.7. The predicted molar refractivity (Wildman–Crippen MR) is 132 cm³/mol. The lowest BCUT2D eigenvalue weighted by atomic mass is 10.1. The summed E-state index contributed by atoms with van der Waals surface area (Å²) in [5.41, 5.74) is 2.22. The Balaban J connectivity index is 1.29. The molecule has 5 nitrogen and oxygen atoms in total. The summed E-state index contributed by atoms with van der Waals surface area (Å²) in [6.45, 7) is 0. The van der Waals surface area contributed by atoms with Gasteiger partial charge in [-0.1, -0.05) is 70.2 Å². The molecule has 1 aromatic heterocycles. The summed E-state index contributed by atoms with van der Waals surface area (Å²) < 4.78 is 1.66. The van der Waals surface area contributed by atoms with E-state index in [4.69, 9.17) is 0 Å². The van der Waals surface area contributed by atoms with Crippen LogP contribution >= 0.6 is 39.0 Å². The SMILES string of the molecule is O=C(Cc1csc(SCC(=O)Nc2cccc3ccccc23)n1)Nc1cccc(Br)c1. The molecule has 2 amide bonds. The van der Waals surface area contributed by atoms with Crippen molar-refractivity contribution in [1.29, 1.82) is 0 Å². The van der Waals surface area contributed by atoms with E-state index in [-0.39, 0.29) is 24.0 Å². The summed E-state index contributed by atoms with van der Waals surface area (Å²) in [6, 6.07) is 21.2. The van der Waals surface area contributed by atoms with Gasteiger partial charge >= 0.3 is 0 Å². The predicted octanol–water partition coefficient (Wildman–Crippen LogP) is 5.97. The maximum Gasteiger partial charge on any atom is 0.234 e. The molecule has 3 aromatic carbocycles. The van der Waals surface area contributed by atoms with Crippen LogP contribution in [0.15, 0.2) is 80.9 Å². The van der Waals surface area contributed by atoms with E-state index >= 15 is 0 Å². The van der Waals surface area contributed by atoms with Crippen molar-refractivity contribution in [3.8, 4) is 0 Å². The molecule has 156 valence electrons. The van der Waals surface area contributed by atoms with Crippen LogP contribution in [0.3, 0.4) is 0 Å². The lowest BCUT2D eigenvalue weighted by molar-refractivity contribution is -0.116. The van der Waals surface area contributed by atoms with Crippen LogP contribution in [0.5, 0.6) is 0 Å². The molecule has 0 unspecified atom stereocenters. The van der Waals surface area contributed by atoms with Crippen molar-refractivity contribution in [2.75, 3.05) is 16.4 Å². The molecule has 31 heavy (non-hydrogen) atoms. The molecular weight excluding hydrogens is 494 g/mol. The first-order chi connectivity index (χ1) is 15.1. The van der Waals surface area contributed by atoms with Crippen molar-refractivity contribution in [3.63, 3.8) is 0 Å². The molecule has 0 atom stereocenters. The van der Waals surface area contributed by atoms with Crippen molar-refractivity contribution >= 4 is 73.0 Å². The molecule has 0 fully saturated rings. The molecule has 0 saturated heterocycles. The molecule has 0 spiro atoms. The number of amides is 2. The topological polar surface area (TPSA) is 71.1 Å². The summed E-state index contributed by atoms with van der Waals surface area (Å²) in [5.74, 6) is 0.0274. The van der Waals surface area contributed by atoms with E-state index in [9.17, 15) is 9.59 Å². The van der Waals surface area contributed by atoms with Crippen LogP contribution in [0.25, 0.3) is 10.8 Å². The first-order valence-corrected chi connectivity index (χ1v) is 12.1. The number of carbonyl (C=O) groups excluding carboxylic acids is 2.